The third-order valence-electron chi connectivity index (χ3n) is 3.45. The van der Waals surface area contributed by atoms with Crippen LogP contribution in [0.25, 0.3) is 0 Å². The highest BCUT2D eigenvalue weighted by Crippen LogP contribution is 2.18. The Kier molecular flexibility index (Phi) is 5.36. The van der Waals surface area contributed by atoms with Gasteiger partial charge in [-0.1, -0.05) is 12.1 Å². The lowest BCUT2D eigenvalue weighted by molar-refractivity contribution is -0.115. The Morgan fingerprint density at radius 3 is 2.30 bits per heavy atom. The van der Waals surface area contributed by atoms with Crippen molar-refractivity contribution in [3.63, 3.8) is 0 Å². The van der Waals surface area contributed by atoms with Crippen LogP contribution in [0, 0.1) is 6.92 Å². The SMILES string of the molecule is COC(=O)c1ccc(NC(=O)Cc2ccc(OC)cc2)c(C)c1. The lowest BCUT2D eigenvalue weighted by atomic mass is 10.1. The fraction of sp³-hybridized carbons (Fsp3) is 0.222. The molecule has 23 heavy (non-hydrogen) atoms. The number of benzene rings is 2. The maximum atomic E-state index is 12.1. The van der Waals surface area contributed by atoms with Crippen LogP contribution in [0.5, 0.6) is 5.75 Å². The highest BCUT2D eigenvalue weighted by atomic mass is 16.5. The molecule has 0 saturated heterocycles. The third-order valence-corrected chi connectivity index (χ3v) is 3.45. The first-order valence-corrected chi connectivity index (χ1v) is 7.15. The van der Waals surface area contributed by atoms with Crippen LogP contribution in [0.4, 0.5) is 5.69 Å². The van der Waals surface area contributed by atoms with Gasteiger partial charge in [0.05, 0.1) is 26.2 Å². The summed E-state index contributed by atoms with van der Waals surface area (Å²) in [5.74, 6) is 0.233. The van der Waals surface area contributed by atoms with E-state index < -0.39 is 5.97 Å². The number of nitrogens with one attached hydrogen (secondary N) is 1. The van der Waals surface area contributed by atoms with Gasteiger partial charge in [-0.25, -0.2) is 4.79 Å². The topological polar surface area (TPSA) is 64.6 Å². The summed E-state index contributed by atoms with van der Waals surface area (Å²) in [6.45, 7) is 1.83. The molecule has 2 aromatic rings. The minimum atomic E-state index is -0.399. The molecule has 5 nitrogen and oxygen atoms in total. The van der Waals surface area contributed by atoms with E-state index >= 15 is 0 Å². The van der Waals surface area contributed by atoms with Crippen LogP contribution in [-0.2, 0) is 16.0 Å². The smallest absolute Gasteiger partial charge is 0.337 e. The Morgan fingerprint density at radius 1 is 1.04 bits per heavy atom. The molecule has 0 heterocycles. The van der Waals surface area contributed by atoms with Crippen molar-refractivity contribution in [2.75, 3.05) is 19.5 Å². The van der Waals surface area contributed by atoms with E-state index in [0.717, 1.165) is 16.9 Å². The van der Waals surface area contributed by atoms with Crippen molar-refractivity contribution in [1.29, 1.82) is 0 Å². The number of esters is 1. The average Bonchev–Trinajstić information content (AvgIpc) is 2.56. The first kappa shape index (κ1) is 16.5. The normalized spacial score (nSPS) is 10.0. The van der Waals surface area contributed by atoms with Gasteiger partial charge < -0.3 is 14.8 Å². The largest absolute Gasteiger partial charge is 0.497 e. The number of aryl methyl sites for hydroxylation is 1. The van der Waals surface area contributed by atoms with Gasteiger partial charge in [0.15, 0.2) is 0 Å². The summed E-state index contributed by atoms with van der Waals surface area (Å²) in [5, 5.41) is 2.85. The molecule has 0 fully saturated rings. The summed E-state index contributed by atoms with van der Waals surface area (Å²) in [6, 6.07) is 12.4. The van der Waals surface area contributed by atoms with E-state index in [2.05, 4.69) is 10.1 Å². The average molecular weight is 313 g/mol. The molecule has 2 rings (SSSR count). The molecular weight excluding hydrogens is 294 g/mol. The predicted molar refractivity (Wildman–Crippen MR) is 87.8 cm³/mol. The minimum Gasteiger partial charge on any atom is -0.497 e. The Balaban J connectivity index is 2.03. The van der Waals surface area contributed by atoms with Crippen molar-refractivity contribution in [1.82, 2.24) is 0 Å². The Morgan fingerprint density at radius 2 is 1.74 bits per heavy atom. The molecule has 0 bridgehead atoms. The van der Waals surface area contributed by atoms with E-state index in [-0.39, 0.29) is 12.3 Å². The van der Waals surface area contributed by atoms with Crippen LogP contribution in [0.15, 0.2) is 42.5 Å². The van der Waals surface area contributed by atoms with Crippen molar-refractivity contribution < 1.29 is 19.1 Å². The van der Waals surface area contributed by atoms with Gasteiger partial charge in [-0.3, -0.25) is 4.79 Å². The molecule has 1 amide bonds. The summed E-state index contributed by atoms with van der Waals surface area (Å²) in [4.78, 5) is 23.6. The number of ether oxygens (including phenoxy) is 2. The zero-order valence-electron chi connectivity index (χ0n) is 13.4. The highest BCUT2D eigenvalue weighted by molar-refractivity contribution is 5.95. The number of hydrogen-bond donors (Lipinski definition) is 1. The van der Waals surface area contributed by atoms with Gasteiger partial charge in [0, 0.05) is 5.69 Å². The number of carbonyl (C=O) groups excluding carboxylic acids is 2. The number of methoxy groups -OCH3 is 2. The summed E-state index contributed by atoms with van der Waals surface area (Å²) in [7, 11) is 2.94. The summed E-state index contributed by atoms with van der Waals surface area (Å²) < 4.78 is 9.76. The van der Waals surface area contributed by atoms with Crippen molar-refractivity contribution >= 4 is 17.6 Å². The van der Waals surface area contributed by atoms with E-state index in [1.807, 2.05) is 31.2 Å². The molecule has 120 valence electrons. The molecule has 0 saturated carbocycles. The van der Waals surface area contributed by atoms with Crippen LogP contribution in [0.1, 0.15) is 21.5 Å². The number of rotatable bonds is 5. The standard InChI is InChI=1S/C18H19NO4/c1-12-10-14(18(21)23-3)6-9-16(12)19-17(20)11-13-4-7-15(22-2)8-5-13/h4-10H,11H2,1-3H3,(H,19,20). The van der Waals surface area contributed by atoms with Crippen LogP contribution in [0.2, 0.25) is 0 Å². The highest BCUT2D eigenvalue weighted by Gasteiger charge is 2.10. The zero-order chi connectivity index (χ0) is 16.8. The zero-order valence-corrected chi connectivity index (χ0v) is 13.4. The lowest BCUT2D eigenvalue weighted by Crippen LogP contribution is -2.15. The third kappa shape index (κ3) is 4.32. The molecule has 0 aromatic heterocycles. The summed E-state index contributed by atoms with van der Waals surface area (Å²) >= 11 is 0. The van der Waals surface area contributed by atoms with E-state index in [1.54, 1.807) is 25.3 Å². The molecule has 0 atom stereocenters. The van der Waals surface area contributed by atoms with E-state index in [9.17, 15) is 9.59 Å². The van der Waals surface area contributed by atoms with Crippen LogP contribution in [0.3, 0.4) is 0 Å². The molecule has 0 aliphatic rings. The van der Waals surface area contributed by atoms with Gasteiger partial charge in [-0.2, -0.15) is 0 Å². The quantitative estimate of drug-likeness (QED) is 0.862. The molecule has 0 aliphatic heterocycles. The maximum Gasteiger partial charge on any atom is 0.337 e. The molecule has 0 unspecified atom stereocenters. The van der Waals surface area contributed by atoms with Crippen molar-refractivity contribution in [2.24, 2.45) is 0 Å². The van der Waals surface area contributed by atoms with Crippen LogP contribution >= 0.6 is 0 Å². The fourth-order valence-electron chi connectivity index (χ4n) is 2.17. The second kappa shape index (κ2) is 7.45. The fourth-order valence-corrected chi connectivity index (χ4v) is 2.17. The molecular formula is C18H19NO4. The number of carbonyl (C=O) groups is 2. The van der Waals surface area contributed by atoms with Gasteiger partial charge in [0.1, 0.15) is 5.75 Å². The molecule has 0 spiro atoms. The van der Waals surface area contributed by atoms with Crippen molar-refractivity contribution in [2.45, 2.75) is 13.3 Å². The molecule has 5 heteroatoms. The predicted octanol–water partition coefficient (Wildman–Crippen LogP) is 2.97. The summed E-state index contributed by atoms with van der Waals surface area (Å²) in [6.07, 6.45) is 0.266. The first-order chi connectivity index (χ1) is 11.0. The van der Waals surface area contributed by atoms with E-state index in [0.29, 0.717) is 11.3 Å². The van der Waals surface area contributed by atoms with Crippen LogP contribution < -0.4 is 10.1 Å². The molecule has 2 aromatic carbocycles. The number of amides is 1. The Labute approximate surface area is 135 Å². The monoisotopic (exact) mass is 313 g/mol. The second-order valence-electron chi connectivity index (χ2n) is 5.09. The second-order valence-corrected chi connectivity index (χ2v) is 5.09. The maximum absolute atomic E-state index is 12.1. The van der Waals surface area contributed by atoms with E-state index in [4.69, 9.17) is 4.74 Å². The van der Waals surface area contributed by atoms with E-state index in [1.165, 1.54) is 7.11 Å². The lowest BCUT2D eigenvalue weighted by Gasteiger charge is -2.10. The molecule has 0 radical (unpaired) electrons. The van der Waals surface area contributed by atoms with Crippen molar-refractivity contribution in [3.8, 4) is 5.75 Å². The van der Waals surface area contributed by atoms with Gasteiger partial charge in [-0.15, -0.1) is 0 Å². The van der Waals surface area contributed by atoms with Gasteiger partial charge in [0.2, 0.25) is 5.91 Å². The van der Waals surface area contributed by atoms with Gasteiger partial charge in [0.25, 0.3) is 0 Å². The minimum absolute atomic E-state index is 0.121. The first-order valence-electron chi connectivity index (χ1n) is 7.15. The van der Waals surface area contributed by atoms with Crippen molar-refractivity contribution in [3.05, 3.63) is 59.2 Å². The van der Waals surface area contributed by atoms with Gasteiger partial charge in [-0.05, 0) is 48.4 Å². The number of hydrogen-bond acceptors (Lipinski definition) is 4. The Hall–Kier alpha value is -2.82. The Bertz CT molecular complexity index is 707. The number of anilines is 1. The molecule has 1 N–H and O–H groups in total. The van der Waals surface area contributed by atoms with Crippen LogP contribution in [-0.4, -0.2) is 26.1 Å². The van der Waals surface area contributed by atoms with Gasteiger partial charge >= 0.3 is 5.97 Å². The summed E-state index contributed by atoms with van der Waals surface area (Å²) in [5.41, 5.74) is 2.83. The molecule has 0 aliphatic carbocycles.